The highest BCUT2D eigenvalue weighted by Gasteiger charge is 2.38. The number of carbonyl (C=O) groups excluding carboxylic acids is 1. The number of halogens is 4. The van der Waals surface area contributed by atoms with Crippen molar-refractivity contribution in [1.82, 2.24) is 25.6 Å². The highest BCUT2D eigenvalue weighted by atomic mass is 79.9. The fourth-order valence-electron chi connectivity index (χ4n) is 2.80. The average Bonchev–Trinajstić information content (AvgIpc) is 3.08. The normalized spacial score (nSPS) is 14.6. The van der Waals surface area contributed by atoms with Crippen LogP contribution in [-0.4, -0.2) is 57.8 Å². The molecule has 3 rings (SSSR count). The lowest BCUT2D eigenvalue weighted by Crippen LogP contribution is -2.36. The minimum Gasteiger partial charge on any atom is -0.475 e. The third-order valence-corrected chi connectivity index (χ3v) is 4.91. The van der Waals surface area contributed by atoms with Gasteiger partial charge in [-0.15, -0.1) is 5.10 Å². The number of carbonyl (C=O) groups is 2. The summed E-state index contributed by atoms with van der Waals surface area (Å²) in [5.74, 6) is -2.37. The highest BCUT2D eigenvalue weighted by molar-refractivity contribution is 9.10. The summed E-state index contributed by atoms with van der Waals surface area (Å²) in [6, 6.07) is 7.75. The van der Waals surface area contributed by atoms with Crippen LogP contribution in [0.15, 0.2) is 28.7 Å². The SMILES string of the molecule is Cc1c(C(=O)NCC2CCNCC2)nnn1-c1cccc(Br)c1.O=C(O)C(F)(F)F. The van der Waals surface area contributed by atoms with E-state index in [1.165, 1.54) is 0 Å². The molecule has 1 amide bonds. The van der Waals surface area contributed by atoms with Crippen LogP contribution in [0.25, 0.3) is 5.69 Å². The monoisotopic (exact) mass is 491 g/mol. The van der Waals surface area contributed by atoms with Gasteiger partial charge in [-0.05, 0) is 57.0 Å². The van der Waals surface area contributed by atoms with Crippen molar-refractivity contribution in [1.29, 1.82) is 0 Å². The molecule has 0 saturated carbocycles. The fraction of sp³-hybridized carbons (Fsp3) is 0.444. The van der Waals surface area contributed by atoms with Crippen LogP contribution >= 0.6 is 15.9 Å². The molecule has 0 bridgehead atoms. The van der Waals surface area contributed by atoms with Gasteiger partial charge in [0.15, 0.2) is 5.69 Å². The van der Waals surface area contributed by atoms with E-state index in [0.29, 0.717) is 18.2 Å². The third kappa shape index (κ3) is 6.80. The molecule has 12 heteroatoms. The largest absolute Gasteiger partial charge is 0.490 e. The lowest BCUT2D eigenvalue weighted by atomic mass is 9.98. The van der Waals surface area contributed by atoms with Crippen LogP contribution in [0, 0.1) is 12.8 Å². The van der Waals surface area contributed by atoms with Crippen molar-refractivity contribution >= 4 is 27.8 Å². The molecule has 1 aliphatic heterocycles. The predicted molar refractivity (Wildman–Crippen MR) is 105 cm³/mol. The van der Waals surface area contributed by atoms with Crippen molar-refractivity contribution in [2.45, 2.75) is 25.9 Å². The maximum absolute atomic E-state index is 12.4. The Labute approximate surface area is 179 Å². The van der Waals surface area contributed by atoms with Gasteiger partial charge in [0.2, 0.25) is 0 Å². The van der Waals surface area contributed by atoms with Gasteiger partial charge < -0.3 is 15.7 Å². The molecule has 1 saturated heterocycles. The predicted octanol–water partition coefficient (Wildman–Crippen LogP) is 2.70. The van der Waals surface area contributed by atoms with Gasteiger partial charge in [0.05, 0.1) is 11.4 Å². The van der Waals surface area contributed by atoms with Gasteiger partial charge in [0, 0.05) is 11.0 Å². The van der Waals surface area contributed by atoms with E-state index in [9.17, 15) is 18.0 Å². The molecule has 2 heterocycles. The van der Waals surface area contributed by atoms with Crippen LogP contribution in [0.5, 0.6) is 0 Å². The van der Waals surface area contributed by atoms with E-state index >= 15 is 0 Å². The number of carboxylic acid groups (broad SMARTS) is 1. The first-order chi connectivity index (χ1) is 14.1. The van der Waals surface area contributed by atoms with Crippen molar-refractivity contribution in [3.05, 3.63) is 40.1 Å². The molecular weight excluding hydrogens is 471 g/mol. The number of benzene rings is 1. The number of alkyl halides is 3. The first-order valence-electron chi connectivity index (χ1n) is 9.07. The van der Waals surface area contributed by atoms with Crippen molar-refractivity contribution in [3.63, 3.8) is 0 Å². The minimum absolute atomic E-state index is 0.151. The molecule has 0 spiro atoms. The zero-order valence-corrected chi connectivity index (χ0v) is 17.6. The average molecular weight is 492 g/mol. The van der Waals surface area contributed by atoms with E-state index in [4.69, 9.17) is 9.90 Å². The zero-order chi connectivity index (χ0) is 22.3. The van der Waals surface area contributed by atoms with Gasteiger partial charge in [0.25, 0.3) is 5.91 Å². The zero-order valence-electron chi connectivity index (χ0n) is 16.0. The lowest BCUT2D eigenvalue weighted by molar-refractivity contribution is -0.192. The fourth-order valence-corrected chi connectivity index (χ4v) is 3.19. The van der Waals surface area contributed by atoms with E-state index in [1.807, 2.05) is 31.2 Å². The Kier molecular flexibility index (Phi) is 8.35. The number of aliphatic carboxylic acids is 1. The second-order valence-corrected chi connectivity index (χ2v) is 7.54. The molecule has 1 aliphatic rings. The standard InChI is InChI=1S/C16H20BrN5O.C2HF3O2/c1-11-15(16(23)19-10-12-5-7-18-8-6-12)20-21-22(11)14-4-2-3-13(17)9-14;3-2(4,5)1(6)7/h2-4,9,12,18H,5-8,10H2,1H3,(H,19,23);(H,6,7). The summed E-state index contributed by atoms with van der Waals surface area (Å²) in [6.45, 7) is 4.61. The van der Waals surface area contributed by atoms with Crippen molar-refractivity contribution in [3.8, 4) is 5.69 Å². The summed E-state index contributed by atoms with van der Waals surface area (Å²) in [5, 5.41) is 21.6. The molecule has 0 aliphatic carbocycles. The number of nitrogens with one attached hydrogen (secondary N) is 2. The van der Waals surface area contributed by atoms with Gasteiger partial charge in [-0.3, -0.25) is 4.79 Å². The Hall–Kier alpha value is -2.47. The van der Waals surface area contributed by atoms with Crippen LogP contribution in [0.4, 0.5) is 13.2 Å². The molecule has 2 aromatic rings. The Morgan fingerprint density at radius 3 is 2.53 bits per heavy atom. The Morgan fingerprint density at radius 2 is 1.97 bits per heavy atom. The first-order valence-corrected chi connectivity index (χ1v) is 9.86. The molecule has 0 atom stereocenters. The summed E-state index contributed by atoms with van der Waals surface area (Å²) in [7, 11) is 0. The lowest BCUT2D eigenvalue weighted by Gasteiger charge is -2.22. The Morgan fingerprint density at radius 1 is 1.33 bits per heavy atom. The number of hydrogen-bond acceptors (Lipinski definition) is 5. The number of piperidine rings is 1. The van der Waals surface area contributed by atoms with Gasteiger partial charge in [-0.25, -0.2) is 9.48 Å². The topological polar surface area (TPSA) is 109 Å². The molecule has 0 unspecified atom stereocenters. The summed E-state index contributed by atoms with van der Waals surface area (Å²) < 4.78 is 34.4. The van der Waals surface area contributed by atoms with Gasteiger partial charge >= 0.3 is 12.1 Å². The summed E-state index contributed by atoms with van der Waals surface area (Å²) in [4.78, 5) is 21.3. The molecule has 1 aromatic carbocycles. The van der Waals surface area contributed by atoms with Gasteiger partial charge in [-0.1, -0.05) is 27.2 Å². The number of carboxylic acids is 1. The summed E-state index contributed by atoms with van der Waals surface area (Å²) in [6.07, 6.45) is -2.88. The van der Waals surface area contributed by atoms with E-state index in [-0.39, 0.29) is 5.91 Å². The Balaban J connectivity index is 0.000000396. The molecule has 1 fully saturated rings. The van der Waals surface area contributed by atoms with Crippen molar-refractivity contribution < 1.29 is 27.9 Å². The molecule has 0 radical (unpaired) electrons. The summed E-state index contributed by atoms with van der Waals surface area (Å²) >= 11 is 3.44. The highest BCUT2D eigenvalue weighted by Crippen LogP contribution is 2.17. The van der Waals surface area contributed by atoms with Gasteiger partial charge in [-0.2, -0.15) is 13.2 Å². The van der Waals surface area contributed by atoms with E-state index in [1.54, 1.807) is 4.68 Å². The van der Waals surface area contributed by atoms with Crippen LogP contribution < -0.4 is 10.6 Å². The Bertz CT molecular complexity index is 882. The molecule has 8 nitrogen and oxygen atoms in total. The summed E-state index contributed by atoms with van der Waals surface area (Å²) in [5.41, 5.74) is 2.01. The van der Waals surface area contributed by atoms with E-state index < -0.39 is 12.1 Å². The van der Waals surface area contributed by atoms with Crippen LogP contribution in [0.1, 0.15) is 29.0 Å². The minimum atomic E-state index is -5.08. The number of nitrogens with zero attached hydrogens (tertiary/aromatic N) is 3. The molecule has 164 valence electrons. The second-order valence-electron chi connectivity index (χ2n) is 6.62. The maximum Gasteiger partial charge on any atom is 0.490 e. The number of aromatic nitrogens is 3. The number of hydrogen-bond donors (Lipinski definition) is 3. The van der Waals surface area contributed by atoms with Gasteiger partial charge in [0.1, 0.15) is 0 Å². The van der Waals surface area contributed by atoms with E-state index in [0.717, 1.165) is 41.8 Å². The van der Waals surface area contributed by atoms with Crippen LogP contribution in [-0.2, 0) is 4.79 Å². The number of rotatable bonds is 4. The van der Waals surface area contributed by atoms with Crippen LogP contribution in [0.3, 0.4) is 0 Å². The molecule has 3 N–H and O–H groups in total. The third-order valence-electron chi connectivity index (χ3n) is 4.41. The molecule has 30 heavy (non-hydrogen) atoms. The number of amides is 1. The van der Waals surface area contributed by atoms with Crippen molar-refractivity contribution in [2.75, 3.05) is 19.6 Å². The molecular formula is C18H21BrF3N5O3. The van der Waals surface area contributed by atoms with E-state index in [2.05, 4.69) is 36.9 Å². The second kappa shape index (κ2) is 10.5. The first kappa shape index (κ1) is 23.8. The van der Waals surface area contributed by atoms with Crippen LogP contribution in [0.2, 0.25) is 0 Å². The van der Waals surface area contributed by atoms with Crippen molar-refractivity contribution in [2.24, 2.45) is 5.92 Å². The smallest absolute Gasteiger partial charge is 0.475 e. The molecule has 1 aromatic heterocycles. The quantitative estimate of drug-likeness (QED) is 0.606. The maximum atomic E-state index is 12.4.